The second-order valence-corrected chi connectivity index (χ2v) is 8.46. The molecule has 0 aliphatic rings. The highest BCUT2D eigenvalue weighted by Crippen LogP contribution is 2.30. The van der Waals surface area contributed by atoms with Crippen molar-refractivity contribution in [3.05, 3.63) is 29.8 Å². The van der Waals surface area contributed by atoms with Crippen LogP contribution >= 0.6 is 0 Å². The Bertz CT molecular complexity index is 782. The lowest BCUT2D eigenvalue weighted by Crippen LogP contribution is -2.45. The highest BCUT2D eigenvalue weighted by atomic mass is 32.2. The summed E-state index contributed by atoms with van der Waals surface area (Å²) in [6.07, 6.45) is -1.02. The van der Waals surface area contributed by atoms with Gasteiger partial charge in [-0.25, -0.2) is 18.0 Å². The van der Waals surface area contributed by atoms with E-state index in [9.17, 15) is 31.2 Å². The molecule has 1 aromatic carbocycles. The Hall–Kier alpha value is -2.30. The maximum atomic E-state index is 12.5. The van der Waals surface area contributed by atoms with E-state index >= 15 is 0 Å². The molecule has 0 aliphatic carbocycles. The van der Waals surface area contributed by atoms with Gasteiger partial charge in [0, 0.05) is 6.42 Å². The summed E-state index contributed by atoms with van der Waals surface area (Å²) < 4.78 is 70.0. The third kappa shape index (κ3) is 6.42. The topological polar surface area (TPSA) is 98.8 Å². The van der Waals surface area contributed by atoms with Gasteiger partial charge in [0.15, 0.2) is 0 Å². The van der Waals surface area contributed by atoms with E-state index in [1.807, 2.05) is 0 Å². The molecule has 27 heavy (non-hydrogen) atoms. The zero-order valence-electron chi connectivity index (χ0n) is 15.1. The summed E-state index contributed by atoms with van der Waals surface area (Å²) in [6.45, 7) is 4.87. The zero-order chi connectivity index (χ0) is 21.0. The smallest absolute Gasteiger partial charge is 0.467 e. The van der Waals surface area contributed by atoms with Crippen molar-refractivity contribution in [2.45, 2.75) is 49.2 Å². The van der Waals surface area contributed by atoms with E-state index in [1.165, 1.54) is 0 Å². The van der Waals surface area contributed by atoms with Crippen LogP contribution in [0.2, 0.25) is 0 Å². The van der Waals surface area contributed by atoms with Gasteiger partial charge in [0.25, 0.3) is 9.84 Å². The number of rotatable bonds is 5. The molecule has 0 unspecified atom stereocenters. The molecule has 1 amide bonds. The number of sulfone groups is 1. The number of amides is 1. The van der Waals surface area contributed by atoms with Gasteiger partial charge in [0.2, 0.25) is 0 Å². The minimum atomic E-state index is -5.46. The number of hydrogen-bond acceptors (Lipinski definition) is 6. The fraction of sp³-hybridized carbons (Fsp3) is 0.500. The maximum absolute atomic E-state index is 12.5. The van der Waals surface area contributed by atoms with Crippen molar-refractivity contribution < 1.29 is 40.7 Å². The first-order valence-electron chi connectivity index (χ1n) is 7.65. The third-order valence-corrected chi connectivity index (χ3v) is 4.66. The zero-order valence-corrected chi connectivity index (χ0v) is 15.9. The predicted molar refractivity (Wildman–Crippen MR) is 88.6 cm³/mol. The first-order chi connectivity index (χ1) is 12.2. The van der Waals surface area contributed by atoms with Crippen molar-refractivity contribution in [3.8, 4) is 0 Å². The molecule has 0 radical (unpaired) electrons. The quantitative estimate of drug-likeness (QED) is 0.748. The van der Waals surface area contributed by atoms with Crippen molar-refractivity contribution in [2.75, 3.05) is 7.11 Å². The molecule has 0 aromatic heterocycles. The highest BCUT2D eigenvalue weighted by molar-refractivity contribution is 7.92. The molecule has 1 N–H and O–H groups in total. The van der Waals surface area contributed by atoms with Gasteiger partial charge >= 0.3 is 17.6 Å². The van der Waals surface area contributed by atoms with Gasteiger partial charge in [-0.15, -0.1) is 0 Å². The van der Waals surface area contributed by atoms with Crippen LogP contribution in [0.4, 0.5) is 18.0 Å². The number of alkyl carbamates (subject to hydrolysis) is 1. The molecule has 1 rings (SSSR count). The average Bonchev–Trinajstić information content (AvgIpc) is 2.51. The maximum Gasteiger partial charge on any atom is 0.501 e. The molecular weight excluding hydrogens is 391 g/mol. The number of carbonyl (C=O) groups excluding carboxylic acids is 2. The Labute approximate surface area is 154 Å². The van der Waals surface area contributed by atoms with Crippen LogP contribution in [-0.2, 0) is 30.5 Å². The molecule has 1 atom stereocenters. The van der Waals surface area contributed by atoms with Crippen molar-refractivity contribution in [1.29, 1.82) is 0 Å². The first kappa shape index (κ1) is 22.7. The molecule has 152 valence electrons. The average molecular weight is 411 g/mol. The van der Waals surface area contributed by atoms with Gasteiger partial charge in [0.1, 0.15) is 11.6 Å². The Morgan fingerprint density at radius 2 is 1.63 bits per heavy atom. The van der Waals surface area contributed by atoms with Crippen molar-refractivity contribution >= 4 is 21.9 Å². The van der Waals surface area contributed by atoms with E-state index in [1.54, 1.807) is 20.8 Å². The number of methoxy groups -OCH3 is 1. The van der Waals surface area contributed by atoms with E-state index in [4.69, 9.17) is 4.74 Å². The van der Waals surface area contributed by atoms with Crippen LogP contribution in [0, 0.1) is 0 Å². The molecule has 0 fully saturated rings. The number of hydrogen-bond donors (Lipinski definition) is 1. The molecular formula is C16H20F3NO6S. The van der Waals surface area contributed by atoms with Crippen molar-refractivity contribution in [2.24, 2.45) is 0 Å². The van der Waals surface area contributed by atoms with Gasteiger partial charge in [-0.05, 0) is 38.5 Å². The Kier molecular flexibility index (Phi) is 6.87. The van der Waals surface area contributed by atoms with E-state index in [-0.39, 0.29) is 6.42 Å². The van der Waals surface area contributed by atoms with Crippen molar-refractivity contribution in [1.82, 2.24) is 5.32 Å². The minimum Gasteiger partial charge on any atom is -0.467 e. The summed E-state index contributed by atoms with van der Waals surface area (Å²) in [4.78, 5) is 22.7. The van der Waals surface area contributed by atoms with E-state index in [0.29, 0.717) is 5.56 Å². The normalized spacial score (nSPS) is 13.6. The van der Waals surface area contributed by atoms with Crippen LogP contribution in [-0.4, -0.2) is 44.7 Å². The van der Waals surface area contributed by atoms with Crippen LogP contribution in [0.5, 0.6) is 0 Å². The van der Waals surface area contributed by atoms with Gasteiger partial charge in [-0.2, -0.15) is 13.2 Å². The largest absolute Gasteiger partial charge is 0.501 e. The number of alkyl halides is 3. The van der Waals surface area contributed by atoms with Gasteiger partial charge in [-0.3, -0.25) is 0 Å². The highest BCUT2D eigenvalue weighted by Gasteiger charge is 2.46. The molecule has 0 saturated carbocycles. The van der Waals surface area contributed by atoms with Gasteiger partial charge in [0.05, 0.1) is 12.0 Å². The van der Waals surface area contributed by atoms with Crippen LogP contribution in [0.3, 0.4) is 0 Å². The molecule has 0 spiro atoms. The summed E-state index contributed by atoms with van der Waals surface area (Å²) in [5, 5.41) is 2.31. The monoisotopic (exact) mass is 411 g/mol. The standard InChI is InChI=1S/C16H20F3NO6S/c1-15(2,3)26-14(22)20-12(13(21)25-4)9-10-5-7-11(8-6-10)27(23,24)16(17,18)19/h5-8,12H,9H2,1-4H3,(H,20,22)/t12-/m0/s1. The number of halogens is 3. The molecule has 0 heterocycles. The van der Waals surface area contributed by atoms with Crippen LogP contribution < -0.4 is 5.32 Å². The number of esters is 1. The Morgan fingerprint density at radius 1 is 1.11 bits per heavy atom. The predicted octanol–water partition coefficient (Wildman–Crippen LogP) is 2.59. The molecule has 0 saturated heterocycles. The third-order valence-electron chi connectivity index (χ3n) is 3.15. The van der Waals surface area contributed by atoms with E-state index in [0.717, 1.165) is 31.4 Å². The summed E-state index contributed by atoms with van der Waals surface area (Å²) >= 11 is 0. The van der Waals surface area contributed by atoms with Crippen LogP contribution in [0.25, 0.3) is 0 Å². The van der Waals surface area contributed by atoms with E-state index in [2.05, 4.69) is 10.1 Å². The molecule has 1 aromatic rings. The minimum absolute atomic E-state index is 0.141. The second-order valence-electron chi connectivity index (χ2n) is 6.52. The first-order valence-corrected chi connectivity index (χ1v) is 9.13. The number of carbonyl (C=O) groups is 2. The summed E-state index contributed by atoms with van der Waals surface area (Å²) in [5.74, 6) is -0.798. The lowest BCUT2D eigenvalue weighted by Gasteiger charge is -2.22. The molecule has 0 aliphatic heterocycles. The van der Waals surface area contributed by atoms with Crippen molar-refractivity contribution in [3.63, 3.8) is 0 Å². The number of nitrogens with one attached hydrogen (secondary N) is 1. The SMILES string of the molecule is COC(=O)[C@H](Cc1ccc(S(=O)(=O)C(F)(F)F)cc1)NC(=O)OC(C)(C)C. The molecule has 11 heteroatoms. The van der Waals surface area contributed by atoms with Gasteiger partial charge in [-0.1, -0.05) is 12.1 Å². The Morgan fingerprint density at radius 3 is 2.04 bits per heavy atom. The lowest BCUT2D eigenvalue weighted by atomic mass is 10.1. The summed E-state index contributed by atoms with van der Waals surface area (Å²) in [7, 11) is -4.36. The van der Waals surface area contributed by atoms with Gasteiger partial charge < -0.3 is 14.8 Å². The summed E-state index contributed by atoms with van der Waals surface area (Å²) in [6, 6.07) is 2.62. The number of ether oxygens (including phenoxy) is 2. The van der Waals surface area contributed by atoms with Crippen LogP contribution in [0.1, 0.15) is 26.3 Å². The molecule has 7 nitrogen and oxygen atoms in total. The fourth-order valence-electron chi connectivity index (χ4n) is 1.96. The second kappa shape index (κ2) is 8.15. The number of benzene rings is 1. The summed E-state index contributed by atoms with van der Waals surface area (Å²) in [5.41, 5.74) is -5.91. The lowest BCUT2D eigenvalue weighted by molar-refractivity contribution is -0.143. The Balaban J connectivity index is 2.97. The molecule has 0 bridgehead atoms. The fourth-order valence-corrected chi connectivity index (χ4v) is 2.72. The van der Waals surface area contributed by atoms with Crippen LogP contribution in [0.15, 0.2) is 29.2 Å². The van der Waals surface area contributed by atoms with E-state index < -0.39 is 43.9 Å².